The van der Waals surface area contributed by atoms with E-state index in [-0.39, 0.29) is 12.5 Å². The van der Waals surface area contributed by atoms with E-state index in [9.17, 15) is 9.59 Å². The maximum atomic E-state index is 13.5. The Labute approximate surface area is 185 Å². The van der Waals surface area contributed by atoms with E-state index < -0.39 is 5.97 Å². The van der Waals surface area contributed by atoms with Gasteiger partial charge >= 0.3 is 5.97 Å². The van der Waals surface area contributed by atoms with Crippen molar-refractivity contribution in [2.24, 2.45) is 0 Å². The van der Waals surface area contributed by atoms with Crippen molar-refractivity contribution in [1.82, 2.24) is 4.98 Å². The molecule has 2 aromatic carbocycles. The monoisotopic (exact) mass is 434 g/mol. The highest BCUT2D eigenvalue weighted by Crippen LogP contribution is 2.42. The normalized spacial score (nSPS) is 12.7. The fourth-order valence-corrected chi connectivity index (χ4v) is 4.35. The number of rotatable bonds is 7. The molecule has 1 amide bonds. The number of carbonyl (C=O) groups is 2. The number of hydrogen-bond acceptors (Lipinski definition) is 6. The van der Waals surface area contributed by atoms with Gasteiger partial charge in [-0.25, -0.2) is 4.79 Å². The quantitative estimate of drug-likeness (QED) is 0.400. The molecular formula is C24H22N2O4S. The molecule has 3 aromatic rings. The first-order valence-corrected chi connectivity index (χ1v) is 10.9. The van der Waals surface area contributed by atoms with Crippen molar-refractivity contribution in [3.63, 3.8) is 0 Å². The minimum absolute atomic E-state index is 0.111. The summed E-state index contributed by atoms with van der Waals surface area (Å²) in [5.74, 6) is -0.550. The maximum Gasteiger partial charge on any atom is 0.338 e. The molecule has 0 unspecified atom stereocenters. The smallest absolute Gasteiger partial charge is 0.338 e. The van der Waals surface area contributed by atoms with Crippen LogP contribution in [0.15, 0.2) is 76.8 Å². The second kappa shape index (κ2) is 9.76. The van der Waals surface area contributed by atoms with E-state index in [1.54, 1.807) is 29.4 Å². The van der Waals surface area contributed by atoms with Crippen LogP contribution >= 0.6 is 11.8 Å². The van der Waals surface area contributed by atoms with Gasteiger partial charge in [0.2, 0.25) is 0 Å². The number of amides is 1. The summed E-state index contributed by atoms with van der Waals surface area (Å²) < 4.78 is 10.5. The summed E-state index contributed by atoms with van der Waals surface area (Å²) in [5.41, 5.74) is 2.67. The van der Waals surface area contributed by atoms with Crippen molar-refractivity contribution in [2.45, 2.75) is 23.3 Å². The molecule has 0 N–H and O–H groups in total. The molecule has 1 aliphatic heterocycles. The zero-order chi connectivity index (χ0) is 21.6. The number of carbonyl (C=O) groups excluding carboxylic acids is 2. The number of anilines is 1. The van der Waals surface area contributed by atoms with Gasteiger partial charge in [0.05, 0.1) is 30.0 Å². The van der Waals surface area contributed by atoms with Crippen molar-refractivity contribution in [3.8, 4) is 0 Å². The summed E-state index contributed by atoms with van der Waals surface area (Å²) in [6.07, 6.45) is 3.40. The predicted octanol–water partition coefficient (Wildman–Crippen LogP) is 4.59. The molecule has 0 fully saturated rings. The van der Waals surface area contributed by atoms with E-state index in [1.807, 2.05) is 49.4 Å². The third-order valence-electron chi connectivity index (χ3n) is 4.82. The van der Waals surface area contributed by atoms with Gasteiger partial charge in [0.25, 0.3) is 5.91 Å². The molecule has 31 heavy (non-hydrogen) atoms. The van der Waals surface area contributed by atoms with E-state index >= 15 is 0 Å². The molecule has 0 bridgehead atoms. The molecule has 0 saturated heterocycles. The molecule has 0 spiro atoms. The molecule has 2 heterocycles. The lowest BCUT2D eigenvalue weighted by Gasteiger charge is -2.23. The number of nitrogens with zero attached hydrogens (tertiary/aromatic N) is 2. The van der Waals surface area contributed by atoms with Gasteiger partial charge in [-0.3, -0.25) is 9.78 Å². The second-order valence-corrected chi connectivity index (χ2v) is 7.94. The second-order valence-electron chi connectivity index (χ2n) is 6.86. The van der Waals surface area contributed by atoms with Crippen molar-refractivity contribution in [1.29, 1.82) is 0 Å². The van der Waals surface area contributed by atoms with Gasteiger partial charge < -0.3 is 14.4 Å². The maximum absolute atomic E-state index is 13.5. The van der Waals surface area contributed by atoms with Gasteiger partial charge in [0, 0.05) is 28.8 Å². The van der Waals surface area contributed by atoms with Crippen LogP contribution in [-0.4, -0.2) is 36.7 Å². The molecular weight excluding hydrogens is 412 g/mol. The predicted molar refractivity (Wildman–Crippen MR) is 119 cm³/mol. The Bertz CT molecular complexity index is 1090. The first-order valence-electron chi connectivity index (χ1n) is 10.0. The molecule has 4 rings (SSSR count). The first-order chi connectivity index (χ1) is 15.2. The molecule has 0 atom stereocenters. The SMILES string of the molecule is CCOCCOC(=O)c1ccc2c(c1)N(Cc1ccncc1)C(=O)c1ccccc1S2. The Morgan fingerprint density at radius 1 is 1.03 bits per heavy atom. The van der Waals surface area contributed by atoms with E-state index in [0.717, 1.165) is 15.4 Å². The van der Waals surface area contributed by atoms with Crippen molar-refractivity contribution < 1.29 is 19.1 Å². The van der Waals surface area contributed by atoms with Crippen LogP contribution in [0.2, 0.25) is 0 Å². The number of esters is 1. The van der Waals surface area contributed by atoms with E-state index in [0.29, 0.717) is 36.6 Å². The summed E-state index contributed by atoms with van der Waals surface area (Å²) in [4.78, 5) is 33.6. The van der Waals surface area contributed by atoms with Crippen LogP contribution in [0, 0.1) is 0 Å². The molecule has 6 nitrogen and oxygen atoms in total. The third-order valence-corrected chi connectivity index (χ3v) is 5.96. The van der Waals surface area contributed by atoms with Crippen LogP contribution in [0.3, 0.4) is 0 Å². The molecule has 0 aliphatic carbocycles. The minimum Gasteiger partial charge on any atom is -0.460 e. The van der Waals surface area contributed by atoms with Crippen LogP contribution in [-0.2, 0) is 16.0 Å². The van der Waals surface area contributed by atoms with E-state index in [2.05, 4.69) is 4.98 Å². The largest absolute Gasteiger partial charge is 0.460 e. The first kappa shape index (κ1) is 21.1. The lowest BCUT2D eigenvalue weighted by molar-refractivity contribution is 0.0335. The average molecular weight is 435 g/mol. The number of aromatic nitrogens is 1. The van der Waals surface area contributed by atoms with Crippen LogP contribution < -0.4 is 4.90 Å². The summed E-state index contributed by atoms with van der Waals surface area (Å²) in [6.45, 7) is 3.36. The Hall–Kier alpha value is -3.16. The zero-order valence-electron chi connectivity index (χ0n) is 17.1. The number of fused-ring (bicyclic) bond motifs is 2. The van der Waals surface area contributed by atoms with Gasteiger partial charge in [-0.1, -0.05) is 23.9 Å². The summed E-state index contributed by atoms with van der Waals surface area (Å²) in [5, 5.41) is 0. The fourth-order valence-electron chi connectivity index (χ4n) is 3.30. The van der Waals surface area contributed by atoms with Crippen LogP contribution in [0.25, 0.3) is 0 Å². The lowest BCUT2D eigenvalue weighted by atomic mass is 10.1. The number of pyridine rings is 1. The molecule has 1 aliphatic rings. The number of benzene rings is 2. The van der Waals surface area contributed by atoms with Gasteiger partial charge in [-0.2, -0.15) is 0 Å². The average Bonchev–Trinajstić information content (AvgIpc) is 2.92. The lowest BCUT2D eigenvalue weighted by Crippen LogP contribution is -2.30. The summed E-state index contributed by atoms with van der Waals surface area (Å²) in [6, 6.07) is 16.6. The Morgan fingerprint density at radius 2 is 1.84 bits per heavy atom. The standard InChI is InChI=1S/C24H22N2O4S/c1-2-29-13-14-30-24(28)18-7-8-22-20(15-18)26(16-17-9-11-25-12-10-17)23(27)19-5-3-4-6-21(19)31-22/h3-12,15H,2,13-14,16H2,1H3. The third kappa shape index (κ3) is 4.78. The molecule has 0 saturated carbocycles. The Balaban J connectivity index is 1.70. The highest BCUT2D eigenvalue weighted by molar-refractivity contribution is 7.99. The van der Waals surface area contributed by atoms with Gasteiger partial charge in [0.1, 0.15) is 6.61 Å². The highest BCUT2D eigenvalue weighted by atomic mass is 32.2. The Morgan fingerprint density at radius 3 is 2.65 bits per heavy atom. The summed E-state index contributed by atoms with van der Waals surface area (Å²) in [7, 11) is 0. The Kier molecular flexibility index (Phi) is 6.64. The van der Waals surface area contributed by atoms with Gasteiger partial charge in [-0.05, 0) is 55.0 Å². The highest BCUT2D eigenvalue weighted by Gasteiger charge is 2.28. The van der Waals surface area contributed by atoms with Crippen molar-refractivity contribution in [2.75, 3.05) is 24.7 Å². The van der Waals surface area contributed by atoms with Crippen molar-refractivity contribution >= 4 is 29.3 Å². The summed E-state index contributed by atoms with van der Waals surface area (Å²) >= 11 is 1.52. The number of ether oxygens (including phenoxy) is 2. The van der Waals surface area contributed by atoms with E-state index in [4.69, 9.17) is 9.47 Å². The van der Waals surface area contributed by atoms with Crippen LogP contribution in [0.1, 0.15) is 33.2 Å². The van der Waals surface area contributed by atoms with Crippen LogP contribution in [0.4, 0.5) is 5.69 Å². The van der Waals surface area contributed by atoms with Crippen LogP contribution in [0.5, 0.6) is 0 Å². The fraction of sp³-hybridized carbons (Fsp3) is 0.208. The molecule has 0 radical (unpaired) electrons. The van der Waals surface area contributed by atoms with Gasteiger partial charge in [0.15, 0.2) is 0 Å². The number of hydrogen-bond donors (Lipinski definition) is 0. The topological polar surface area (TPSA) is 68.7 Å². The molecule has 7 heteroatoms. The van der Waals surface area contributed by atoms with Gasteiger partial charge in [-0.15, -0.1) is 0 Å². The zero-order valence-corrected chi connectivity index (χ0v) is 17.9. The molecule has 158 valence electrons. The van der Waals surface area contributed by atoms with E-state index in [1.165, 1.54) is 11.8 Å². The van der Waals surface area contributed by atoms with Crippen molar-refractivity contribution in [3.05, 3.63) is 83.7 Å². The molecule has 1 aromatic heterocycles. The minimum atomic E-state index is -0.439.